The second-order valence-electron chi connectivity index (χ2n) is 8.75. The molecule has 170 valence electrons. The van der Waals surface area contributed by atoms with E-state index in [1.165, 1.54) is 12.1 Å². The maximum Gasteiger partial charge on any atom is 0.416 e. The van der Waals surface area contributed by atoms with Crippen molar-refractivity contribution in [1.29, 1.82) is 0 Å². The van der Waals surface area contributed by atoms with Gasteiger partial charge in [0, 0.05) is 18.8 Å². The number of unbranched alkanes of at least 4 members (excludes halogenated alkanes) is 1. The van der Waals surface area contributed by atoms with Crippen LogP contribution in [0.4, 0.5) is 18.9 Å². The molecule has 32 heavy (non-hydrogen) atoms. The van der Waals surface area contributed by atoms with E-state index in [0.717, 1.165) is 74.6 Å². The molecule has 1 N–H and O–H groups in total. The summed E-state index contributed by atoms with van der Waals surface area (Å²) in [6, 6.07) is 13.6. The smallest absolute Gasteiger partial charge is 0.325 e. The van der Waals surface area contributed by atoms with E-state index >= 15 is 0 Å². The Balaban J connectivity index is 1.30. The number of carbonyl (C=O) groups excluding carboxylic acids is 1. The monoisotopic (exact) mass is 442 g/mol. The summed E-state index contributed by atoms with van der Waals surface area (Å²) in [6.45, 7) is 4.58. The van der Waals surface area contributed by atoms with Gasteiger partial charge in [-0.2, -0.15) is 13.2 Å². The molecule has 0 bridgehead atoms. The number of carbonyl (C=O) groups is 1. The molecule has 2 aliphatic heterocycles. The van der Waals surface area contributed by atoms with Crippen molar-refractivity contribution in [2.75, 3.05) is 25.0 Å². The molecular formula is C26H29F3N2O. The van der Waals surface area contributed by atoms with Gasteiger partial charge in [-0.05, 0) is 67.1 Å². The molecule has 2 aromatic rings. The van der Waals surface area contributed by atoms with Crippen LogP contribution in [0, 0.1) is 0 Å². The number of hydrogen-bond donors (Lipinski definition) is 1. The highest BCUT2D eigenvalue weighted by molar-refractivity contribution is 6.06. The molecule has 0 spiro atoms. The molecule has 4 rings (SSSR count). The summed E-state index contributed by atoms with van der Waals surface area (Å²) < 4.78 is 39.0. The second-order valence-corrected chi connectivity index (χ2v) is 8.75. The maximum atomic E-state index is 13.0. The van der Waals surface area contributed by atoms with Crippen molar-refractivity contribution in [3.63, 3.8) is 0 Å². The number of anilines is 1. The van der Waals surface area contributed by atoms with Crippen LogP contribution in [0.15, 0.2) is 54.6 Å². The molecule has 2 heterocycles. The predicted octanol–water partition coefficient (Wildman–Crippen LogP) is 6.26. The fraction of sp³-hybridized carbons (Fsp3) is 0.423. The van der Waals surface area contributed by atoms with Crippen molar-refractivity contribution < 1.29 is 18.0 Å². The predicted molar refractivity (Wildman–Crippen MR) is 121 cm³/mol. The molecule has 0 saturated heterocycles. The van der Waals surface area contributed by atoms with Crippen molar-refractivity contribution in [2.45, 2.75) is 50.6 Å². The summed E-state index contributed by atoms with van der Waals surface area (Å²) in [7, 11) is 0. The van der Waals surface area contributed by atoms with E-state index < -0.39 is 17.2 Å². The van der Waals surface area contributed by atoms with Crippen LogP contribution < -0.4 is 5.32 Å². The number of amides is 1. The molecule has 6 heteroatoms. The fourth-order valence-corrected chi connectivity index (χ4v) is 4.98. The number of hydrogen-bond acceptors (Lipinski definition) is 2. The summed E-state index contributed by atoms with van der Waals surface area (Å²) in [4.78, 5) is 15.1. The molecule has 3 nitrogen and oxygen atoms in total. The number of benzene rings is 2. The zero-order valence-corrected chi connectivity index (χ0v) is 18.3. The van der Waals surface area contributed by atoms with Crippen LogP contribution in [0.2, 0.25) is 0 Å². The summed E-state index contributed by atoms with van der Waals surface area (Å²) in [5.74, 6) is 0.104. The van der Waals surface area contributed by atoms with Crippen molar-refractivity contribution >= 4 is 17.2 Å². The zero-order chi connectivity index (χ0) is 22.8. The average Bonchev–Trinajstić information content (AvgIpc) is 3.08. The van der Waals surface area contributed by atoms with Crippen molar-refractivity contribution in [3.8, 4) is 0 Å². The first-order valence-corrected chi connectivity index (χ1v) is 11.3. The minimum Gasteiger partial charge on any atom is -0.325 e. The van der Waals surface area contributed by atoms with Gasteiger partial charge in [0.2, 0.25) is 5.91 Å². The molecule has 2 aromatic carbocycles. The molecule has 0 aromatic heterocycles. The van der Waals surface area contributed by atoms with Crippen molar-refractivity contribution in [3.05, 3.63) is 71.3 Å². The second kappa shape index (κ2) is 9.10. The lowest BCUT2D eigenvalue weighted by atomic mass is 9.75. The fourth-order valence-electron chi connectivity index (χ4n) is 4.98. The average molecular weight is 443 g/mol. The van der Waals surface area contributed by atoms with Crippen LogP contribution in [-0.2, 0) is 16.4 Å². The van der Waals surface area contributed by atoms with Gasteiger partial charge in [0.1, 0.15) is 0 Å². The Morgan fingerprint density at radius 1 is 1.09 bits per heavy atom. The summed E-state index contributed by atoms with van der Waals surface area (Å²) >= 11 is 0. The molecule has 1 amide bonds. The van der Waals surface area contributed by atoms with E-state index in [2.05, 4.69) is 23.2 Å². The van der Waals surface area contributed by atoms with Crippen LogP contribution in [0.1, 0.15) is 55.7 Å². The van der Waals surface area contributed by atoms with Gasteiger partial charge in [-0.1, -0.05) is 49.8 Å². The number of halogens is 3. The Labute approximate surface area is 187 Å². The van der Waals surface area contributed by atoms with E-state index in [1.54, 1.807) is 6.07 Å². The van der Waals surface area contributed by atoms with Crippen LogP contribution in [0.5, 0.6) is 0 Å². The first kappa shape index (κ1) is 22.6. The minimum absolute atomic E-state index is 0.104. The lowest BCUT2D eigenvalue weighted by Gasteiger charge is -2.28. The Morgan fingerprint density at radius 2 is 1.91 bits per heavy atom. The van der Waals surface area contributed by atoms with Gasteiger partial charge in [0.05, 0.1) is 11.0 Å². The SMILES string of the molecule is CCC1(CCCCN2CC=C(c3cccc(C(F)(F)F)c3)CC2)C(=O)Nc2ccccc21. The van der Waals surface area contributed by atoms with Gasteiger partial charge >= 0.3 is 6.18 Å². The number of fused-ring (bicyclic) bond motifs is 1. The Hall–Kier alpha value is -2.60. The maximum absolute atomic E-state index is 13.0. The molecule has 0 fully saturated rings. The first-order valence-electron chi connectivity index (χ1n) is 11.3. The largest absolute Gasteiger partial charge is 0.416 e. The van der Waals surface area contributed by atoms with Crippen LogP contribution in [0.25, 0.3) is 5.57 Å². The summed E-state index contributed by atoms with van der Waals surface area (Å²) in [5.41, 5.74) is 2.66. The molecule has 0 saturated carbocycles. The van der Waals surface area contributed by atoms with E-state index in [4.69, 9.17) is 0 Å². The highest BCUT2D eigenvalue weighted by Gasteiger charge is 2.44. The number of nitrogens with one attached hydrogen (secondary N) is 1. The van der Waals surface area contributed by atoms with E-state index in [0.29, 0.717) is 5.56 Å². The van der Waals surface area contributed by atoms with Crippen LogP contribution in [0.3, 0.4) is 0 Å². The standard InChI is InChI=1S/C26H29F3N2O/c1-2-25(22-10-3-4-11-23(22)30-24(25)32)14-5-6-15-31-16-12-19(13-17-31)20-8-7-9-21(18-20)26(27,28)29/h3-4,7-12,18H,2,5-6,13-17H2,1H3,(H,30,32). The van der Waals surface area contributed by atoms with Crippen LogP contribution >= 0.6 is 0 Å². The van der Waals surface area contributed by atoms with Crippen molar-refractivity contribution in [2.24, 2.45) is 0 Å². The van der Waals surface area contributed by atoms with Crippen molar-refractivity contribution in [1.82, 2.24) is 4.90 Å². The van der Waals surface area contributed by atoms with E-state index in [-0.39, 0.29) is 5.91 Å². The molecule has 0 aliphatic carbocycles. The number of para-hydroxylation sites is 1. The number of rotatable bonds is 7. The zero-order valence-electron chi connectivity index (χ0n) is 18.3. The van der Waals surface area contributed by atoms with Gasteiger partial charge in [0.25, 0.3) is 0 Å². The molecular weight excluding hydrogens is 413 g/mol. The Bertz CT molecular complexity index is 1010. The molecule has 2 aliphatic rings. The lowest BCUT2D eigenvalue weighted by Crippen LogP contribution is -2.34. The number of alkyl halides is 3. The lowest BCUT2D eigenvalue weighted by molar-refractivity contribution is -0.137. The van der Waals surface area contributed by atoms with Gasteiger partial charge in [0.15, 0.2) is 0 Å². The van der Waals surface area contributed by atoms with E-state index in [1.807, 2.05) is 24.3 Å². The summed E-state index contributed by atoms with van der Waals surface area (Å²) in [5, 5.41) is 3.04. The first-order chi connectivity index (χ1) is 15.3. The van der Waals surface area contributed by atoms with Crippen LogP contribution in [-0.4, -0.2) is 30.4 Å². The topological polar surface area (TPSA) is 32.3 Å². The third-order valence-corrected chi connectivity index (χ3v) is 6.91. The van der Waals surface area contributed by atoms with Gasteiger partial charge in [-0.3, -0.25) is 9.69 Å². The number of nitrogens with zero attached hydrogens (tertiary/aromatic N) is 1. The quantitative estimate of drug-likeness (QED) is 0.513. The van der Waals surface area contributed by atoms with E-state index in [9.17, 15) is 18.0 Å². The summed E-state index contributed by atoms with van der Waals surface area (Å²) in [6.07, 6.45) is 2.03. The third kappa shape index (κ3) is 4.46. The third-order valence-electron chi connectivity index (χ3n) is 6.91. The Kier molecular flexibility index (Phi) is 6.42. The molecule has 1 unspecified atom stereocenters. The normalized spacial score (nSPS) is 21.2. The van der Waals surface area contributed by atoms with Gasteiger partial charge < -0.3 is 5.32 Å². The highest BCUT2D eigenvalue weighted by atomic mass is 19.4. The highest BCUT2D eigenvalue weighted by Crippen LogP contribution is 2.43. The van der Waals surface area contributed by atoms with Gasteiger partial charge in [-0.15, -0.1) is 0 Å². The minimum atomic E-state index is -4.32. The van der Waals surface area contributed by atoms with Gasteiger partial charge in [-0.25, -0.2) is 0 Å². The Morgan fingerprint density at radius 3 is 2.62 bits per heavy atom. The molecule has 0 radical (unpaired) electrons. The molecule has 1 atom stereocenters.